The van der Waals surface area contributed by atoms with Crippen molar-refractivity contribution in [2.24, 2.45) is 0 Å². The first-order chi connectivity index (χ1) is 8.97. The van der Waals surface area contributed by atoms with Crippen molar-refractivity contribution in [2.45, 2.75) is 24.7 Å². The smallest absolute Gasteiger partial charge is 0.259 e. The van der Waals surface area contributed by atoms with Crippen molar-refractivity contribution in [3.63, 3.8) is 0 Å². The monoisotopic (exact) mass is 271 g/mol. The molecule has 19 heavy (non-hydrogen) atoms. The van der Waals surface area contributed by atoms with E-state index in [1.165, 1.54) is 6.07 Å². The Morgan fingerprint density at radius 2 is 2.05 bits per heavy atom. The zero-order valence-corrected chi connectivity index (χ0v) is 9.58. The fourth-order valence-corrected chi connectivity index (χ4v) is 1.98. The summed E-state index contributed by atoms with van der Waals surface area (Å²) in [5, 5.41) is 5.76. The number of nitrogens with one attached hydrogen (secondary N) is 1. The van der Waals surface area contributed by atoms with Gasteiger partial charge in [-0.1, -0.05) is 18.2 Å². The Bertz CT molecular complexity index is 609. The molecule has 1 fully saturated rings. The minimum atomic E-state index is -2.76. The van der Waals surface area contributed by atoms with Gasteiger partial charge in [-0.3, -0.25) is 5.10 Å². The third-order valence-corrected chi connectivity index (χ3v) is 3.09. The lowest BCUT2D eigenvalue weighted by atomic mass is 10.1. The van der Waals surface area contributed by atoms with Gasteiger partial charge < -0.3 is 0 Å². The number of aromatic nitrogens is 3. The SMILES string of the molecule is FC(F)c1n[nH]c(-c2cccc([C@H]3CC3(F)F)c2)n1. The van der Waals surface area contributed by atoms with Crippen LogP contribution in [0, 0.1) is 0 Å². The summed E-state index contributed by atoms with van der Waals surface area (Å²) in [6, 6.07) is 6.34. The van der Waals surface area contributed by atoms with Crippen LogP contribution in [-0.4, -0.2) is 21.1 Å². The Hall–Kier alpha value is -1.92. The van der Waals surface area contributed by atoms with Crippen LogP contribution in [0.5, 0.6) is 0 Å². The zero-order valence-electron chi connectivity index (χ0n) is 9.58. The molecule has 7 heteroatoms. The van der Waals surface area contributed by atoms with Crippen LogP contribution >= 0.6 is 0 Å². The lowest BCUT2D eigenvalue weighted by Gasteiger charge is -2.02. The molecular formula is C12H9F4N3. The molecule has 3 nitrogen and oxygen atoms in total. The zero-order chi connectivity index (χ0) is 13.6. The Balaban J connectivity index is 1.90. The first-order valence-electron chi connectivity index (χ1n) is 5.66. The number of halogens is 4. The number of benzene rings is 1. The van der Waals surface area contributed by atoms with Gasteiger partial charge in [0.1, 0.15) is 0 Å². The van der Waals surface area contributed by atoms with Crippen LogP contribution in [0.4, 0.5) is 17.6 Å². The van der Waals surface area contributed by atoms with Crippen molar-refractivity contribution in [1.29, 1.82) is 0 Å². The second kappa shape index (κ2) is 4.04. The summed E-state index contributed by atoms with van der Waals surface area (Å²) in [6.07, 6.45) is -2.93. The Morgan fingerprint density at radius 3 is 2.63 bits per heavy atom. The predicted molar refractivity (Wildman–Crippen MR) is 59.1 cm³/mol. The summed E-state index contributed by atoms with van der Waals surface area (Å²) in [6.45, 7) is 0. The fourth-order valence-electron chi connectivity index (χ4n) is 1.98. The van der Waals surface area contributed by atoms with Gasteiger partial charge in [0.15, 0.2) is 5.82 Å². The molecule has 1 aromatic carbocycles. The highest BCUT2D eigenvalue weighted by Crippen LogP contribution is 2.55. The van der Waals surface area contributed by atoms with Crippen LogP contribution in [0.2, 0.25) is 0 Å². The molecule has 1 saturated carbocycles. The topological polar surface area (TPSA) is 41.6 Å². The van der Waals surface area contributed by atoms with Crippen molar-refractivity contribution in [2.75, 3.05) is 0 Å². The van der Waals surface area contributed by atoms with Gasteiger partial charge in [-0.25, -0.2) is 22.5 Å². The maximum atomic E-state index is 13.0. The van der Waals surface area contributed by atoms with Crippen LogP contribution in [0.15, 0.2) is 24.3 Å². The largest absolute Gasteiger partial charge is 0.299 e. The van der Waals surface area contributed by atoms with Gasteiger partial charge in [0, 0.05) is 12.0 Å². The summed E-state index contributed by atoms with van der Waals surface area (Å²) in [7, 11) is 0. The minimum absolute atomic E-state index is 0.154. The van der Waals surface area contributed by atoms with Gasteiger partial charge in [-0.15, -0.1) is 0 Å². The number of hydrogen-bond acceptors (Lipinski definition) is 2. The van der Waals surface area contributed by atoms with E-state index in [1.807, 2.05) is 0 Å². The molecule has 0 saturated heterocycles. The van der Waals surface area contributed by atoms with Crippen LogP contribution in [-0.2, 0) is 0 Å². The maximum absolute atomic E-state index is 13.0. The number of alkyl halides is 4. The van der Waals surface area contributed by atoms with E-state index in [0.717, 1.165) is 0 Å². The predicted octanol–water partition coefficient (Wildman–Crippen LogP) is 3.53. The molecule has 0 unspecified atom stereocenters. The maximum Gasteiger partial charge on any atom is 0.299 e. The van der Waals surface area contributed by atoms with Crippen molar-refractivity contribution in [3.8, 4) is 11.4 Å². The van der Waals surface area contributed by atoms with E-state index < -0.39 is 24.1 Å². The van der Waals surface area contributed by atoms with Crippen LogP contribution in [0.1, 0.15) is 30.2 Å². The Kier molecular flexibility index (Phi) is 2.58. The molecule has 3 rings (SSSR count). The van der Waals surface area contributed by atoms with Crippen LogP contribution in [0.25, 0.3) is 11.4 Å². The number of rotatable bonds is 3. The average Bonchev–Trinajstić information content (AvgIpc) is 2.80. The lowest BCUT2D eigenvalue weighted by Crippen LogP contribution is -1.93. The van der Waals surface area contributed by atoms with E-state index in [-0.39, 0.29) is 12.2 Å². The molecular weight excluding hydrogens is 262 g/mol. The van der Waals surface area contributed by atoms with Gasteiger partial charge in [0.2, 0.25) is 5.82 Å². The number of aromatic amines is 1. The first-order valence-corrected chi connectivity index (χ1v) is 5.66. The molecule has 2 aromatic rings. The summed E-state index contributed by atoms with van der Waals surface area (Å²) in [5.41, 5.74) is 0.956. The molecule has 100 valence electrons. The molecule has 1 N–H and O–H groups in total. The third-order valence-electron chi connectivity index (χ3n) is 3.09. The molecule has 0 amide bonds. The Morgan fingerprint density at radius 1 is 1.32 bits per heavy atom. The summed E-state index contributed by atoms with van der Waals surface area (Å²) in [4.78, 5) is 3.63. The molecule has 1 aliphatic carbocycles. The van der Waals surface area contributed by atoms with Crippen molar-refractivity contribution < 1.29 is 17.6 Å². The van der Waals surface area contributed by atoms with Crippen molar-refractivity contribution in [1.82, 2.24) is 15.2 Å². The van der Waals surface area contributed by atoms with Gasteiger partial charge >= 0.3 is 0 Å². The molecule has 1 atom stereocenters. The summed E-state index contributed by atoms with van der Waals surface area (Å²) >= 11 is 0. The highest BCUT2D eigenvalue weighted by Gasteiger charge is 2.57. The van der Waals surface area contributed by atoms with Crippen molar-refractivity contribution in [3.05, 3.63) is 35.7 Å². The van der Waals surface area contributed by atoms with Gasteiger partial charge in [0.05, 0.1) is 5.92 Å². The van der Waals surface area contributed by atoms with Gasteiger partial charge in [-0.05, 0) is 11.6 Å². The number of H-pyrrole nitrogens is 1. The van der Waals surface area contributed by atoms with Crippen LogP contribution < -0.4 is 0 Å². The molecule has 0 radical (unpaired) electrons. The highest BCUT2D eigenvalue weighted by molar-refractivity contribution is 5.56. The van der Waals surface area contributed by atoms with E-state index in [2.05, 4.69) is 15.2 Å². The quantitative estimate of drug-likeness (QED) is 0.867. The molecule has 0 aliphatic heterocycles. The molecule has 0 bridgehead atoms. The van der Waals surface area contributed by atoms with E-state index >= 15 is 0 Å². The molecule has 1 aliphatic rings. The normalized spacial score (nSPS) is 20.8. The van der Waals surface area contributed by atoms with E-state index in [4.69, 9.17) is 0 Å². The average molecular weight is 271 g/mol. The van der Waals surface area contributed by atoms with E-state index in [0.29, 0.717) is 11.1 Å². The molecule has 0 spiro atoms. The molecule has 1 heterocycles. The summed E-state index contributed by atoms with van der Waals surface area (Å²) in [5.74, 6) is -3.89. The second-order valence-corrected chi connectivity index (χ2v) is 4.49. The van der Waals surface area contributed by atoms with E-state index in [1.54, 1.807) is 18.2 Å². The van der Waals surface area contributed by atoms with Gasteiger partial charge in [-0.2, -0.15) is 5.10 Å². The van der Waals surface area contributed by atoms with Crippen LogP contribution in [0.3, 0.4) is 0 Å². The molecule has 1 aromatic heterocycles. The Labute approximate surface area is 105 Å². The fraction of sp³-hybridized carbons (Fsp3) is 0.333. The van der Waals surface area contributed by atoms with Crippen molar-refractivity contribution >= 4 is 0 Å². The number of hydrogen-bond donors (Lipinski definition) is 1. The van der Waals surface area contributed by atoms with Gasteiger partial charge in [0.25, 0.3) is 12.3 Å². The lowest BCUT2D eigenvalue weighted by molar-refractivity contribution is 0.112. The van der Waals surface area contributed by atoms with E-state index in [9.17, 15) is 17.6 Å². The third kappa shape index (κ3) is 2.20. The highest BCUT2D eigenvalue weighted by atomic mass is 19.3. The standard InChI is InChI=1S/C12H9F4N3/c13-9(14)11-17-10(18-19-11)7-3-1-2-6(4-7)8-5-12(8,15)16/h1-4,8-9H,5H2,(H,17,18,19)/t8-/m1/s1. The second-order valence-electron chi connectivity index (χ2n) is 4.49. The number of nitrogens with zero attached hydrogens (tertiary/aromatic N) is 2. The summed E-state index contributed by atoms with van der Waals surface area (Å²) < 4.78 is 50.7. The first kappa shape index (κ1) is 12.1. The minimum Gasteiger partial charge on any atom is -0.259 e.